The minimum absolute atomic E-state index is 0.253. The monoisotopic (exact) mass is 245 g/mol. The van der Waals surface area contributed by atoms with Crippen LogP contribution in [0.2, 0.25) is 0 Å². The van der Waals surface area contributed by atoms with Gasteiger partial charge >= 0.3 is 0 Å². The highest BCUT2D eigenvalue weighted by Crippen LogP contribution is 2.21. The molecule has 0 fully saturated rings. The second-order valence-corrected chi connectivity index (χ2v) is 4.99. The minimum atomic E-state index is -0.253. The van der Waals surface area contributed by atoms with E-state index in [1.54, 1.807) is 18.2 Å². The third-order valence-electron chi connectivity index (χ3n) is 2.76. The largest absolute Gasteiger partial charge is 0.494 e. The molecule has 1 aromatic carbocycles. The highest BCUT2D eigenvalue weighted by atomic mass is 16.5. The highest BCUT2D eigenvalue weighted by molar-refractivity contribution is 5.75. The number of rotatable bonds is 7. The fourth-order valence-corrected chi connectivity index (χ4v) is 1.59. The predicted octanol–water partition coefficient (Wildman–Crippen LogP) is 3.60. The van der Waals surface area contributed by atoms with Crippen LogP contribution in [0.15, 0.2) is 24.3 Å². The van der Waals surface area contributed by atoms with E-state index in [0.29, 0.717) is 12.2 Å². The SMILES string of the molecule is CC(C)(C#N)CCCCOc1cccc(C=O)c1. The van der Waals surface area contributed by atoms with Crippen molar-refractivity contribution in [2.24, 2.45) is 5.41 Å². The van der Waals surface area contributed by atoms with Crippen LogP contribution in [0.25, 0.3) is 0 Å². The van der Waals surface area contributed by atoms with E-state index >= 15 is 0 Å². The number of carbonyl (C=O) groups excluding carboxylic acids is 1. The van der Waals surface area contributed by atoms with Crippen molar-refractivity contribution in [3.63, 3.8) is 0 Å². The molecule has 0 radical (unpaired) electrons. The van der Waals surface area contributed by atoms with E-state index in [1.807, 2.05) is 19.9 Å². The Kier molecular flexibility index (Phi) is 5.38. The lowest BCUT2D eigenvalue weighted by molar-refractivity contribution is 0.112. The van der Waals surface area contributed by atoms with Crippen molar-refractivity contribution in [1.29, 1.82) is 5.26 Å². The molecule has 0 atom stereocenters. The summed E-state index contributed by atoms with van der Waals surface area (Å²) in [5, 5.41) is 8.87. The van der Waals surface area contributed by atoms with Crippen LogP contribution in [0.4, 0.5) is 0 Å². The van der Waals surface area contributed by atoms with Gasteiger partial charge in [-0.05, 0) is 45.2 Å². The van der Waals surface area contributed by atoms with E-state index in [9.17, 15) is 4.79 Å². The average molecular weight is 245 g/mol. The highest BCUT2D eigenvalue weighted by Gasteiger charge is 2.15. The maximum absolute atomic E-state index is 10.6. The van der Waals surface area contributed by atoms with Gasteiger partial charge in [-0.3, -0.25) is 4.79 Å². The molecule has 3 heteroatoms. The zero-order chi connectivity index (χ0) is 13.4. The number of hydrogen-bond acceptors (Lipinski definition) is 3. The maximum atomic E-state index is 10.6. The van der Waals surface area contributed by atoms with E-state index < -0.39 is 0 Å². The smallest absolute Gasteiger partial charge is 0.150 e. The summed E-state index contributed by atoms with van der Waals surface area (Å²) in [6.07, 6.45) is 3.56. The van der Waals surface area contributed by atoms with E-state index in [4.69, 9.17) is 10.00 Å². The van der Waals surface area contributed by atoms with Crippen LogP contribution in [0.5, 0.6) is 5.75 Å². The molecular weight excluding hydrogens is 226 g/mol. The van der Waals surface area contributed by atoms with E-state index in [0.717, 1.165) is 31.3 Å². The van der Waals surface area contributed by atoms with Crippen LogP contribution >= 0.6 is 0 Å². The number of aldehydes is 1. The van der Waals surface area contributed by atoms with Crippen LogP contribution in [0.3, 0.4) is 0 Å². The Bertz CT molecular complexity index is 432. The van der Waals surface area contributed by atoms with Crippen LogP contribution in [0.1, 0.15) is 43.5 Å². The molecule has 1 rings (SSSR count). The number of unbranched alkanes of at least 4 members (excludes halogenated alkanes) is 1. The van der Waals surface area contributed by atoms with Crippen LogP contribution < -0.4 is 4.74 Å². The van der Waals surface area contributed by atoms with Gasteiger partial charge in [0.1, 0.15) is 12.0 Å². The lowest BCUT2D eigenvalue weighted by Crippen LogP contribution is -2.08. The molecule has 1 aromatic rings. The number of ether oxygens (including phenoxy) is 1. The third kappa shape index (κ3) is 5.01. The van der Waals surface area contributed by atoms with Crippen molar-refractivity contribution in [3.8, 4) is 11.8 Å². The average Bonchev–Trinajstić information content (AvgIpc) is 2.38. The second kappa shape index (κ2) is 6.80. The van der Waals surface area contributed by atoms with E-state index in [2.05, 4.69) is 6.07 Å². The summed E-state index contributed by atoms with van der Waals surface area (Å²) >= 11 is 0. The molecule has 0 N–H and O–H groups in total. The van der Waals surface area contributed by atoms with Crippen molar-refractivity contribution < 1.29 is 9.53 Å². The molecule has 0 aliphatic heterocycles. The van der Waals surface area contributed by atoms with Gasteiger partial charge in [0.05, 0.1) is 18.1 Å². The first-order valence-corrected chi connectivity index (χ1v) is 6.17. The first kappa shape index (κ1) is 14.2. The molecule has 0 aliphatic rings. The molecular formula is C15H19NO2. The molecule has 0 saturated carbocycles. The molecule has 0 saturated heterocycles. The van der Waals surface area contributed by atoms with E-state index in [-0.39, 0.29) is 5.41 Å². The summed E-state index contributed by atoms with van der Waals surface area (Å²) in [5.41, 5.74) is 0.371. The van der Waals surface area contributed by atoms with Gasteiger partial charge in [0.2, 0.25) is 0 Å². The van der Waals surface area contributed by atoms with Crippen LogP contribution in [-0.4, -0.2) is 12.9 Å². The zero-order valence-electron chi connectivity index (χ0n) is 11.0. The van der Waals surface area contributed by atoms with Gasteiger partial charge in [-0.25, -0.2) is 0 Å². The molecule has 3 nitrogen and oxygen atoms in total. The molecule has 0 spiro atoms. The number of carbonyl (C=O) groups is 1. The first-order valence-electron chi connectivity index (χ1n) is 6.17. The van der Waals surface area contributed by atoms with Gasteiger partial charge in [0, 0.05) is 5.56 Å². The van der Waals surface area contributed by atoms with Crippen molar-refractivity contribution >= 4 is 6.29 Å². The summed E-state index contributed by atoms with van der Waals surface area (Å²) in [5.74, 6) is 0.721. The standard InChI is InChI=1S/C15H19NO2/c1-15(2,12-16)8-3-4-9-18-14-7-5-6-13(10-14)11-17/h5-7,10-11H,3-4,8-9H2,1-2H3. The normalized spacial score (nSPS) is 10.7. The van der Waals surface area contributed by atoms with Gasteiger partial charge in [0.15, 0.2) is 0 Å². The van der Waals surface area contributed by atoms with Gasteiger partial charge in [0.25, 0.3) is 0 Å². The Labute approximate surface area is 108 Å². The van der Waals surface area contributed by atoms with Gasteiger partial charge in [-0.2, -0.15) is 5.26 Å². The molecule has 0 unspecified atom stereocenters. The number of nitriles is 1. The molecule has 96 valence electrons. The number of hydrogen-bond donors (Lipinski definition) is 0. The Hall–Kier alpha value is -1.82. The fraction of sp³-hybridized carbons (Fsp3) is 0.467. The Morgan fingerprint density at radius 2 is 2.17 bits per heavy atom. The molecule has 0 bridgehead atoms. The minimum Gasteiger partial charge on any atom is -0.494 e. The zero-order valence-corrected chi connectivity index (χ0v) is 11.0. The molecule has 0 aromatic heterocycles. The first-order chi connectivity index (χ1) is 8.57. The lowest BCUT2D eigenvalue weighted by Gasteiger charge is -2.14. The third-order valence-corrected chi connectivity index (χ3v) is 2.76. The van der Waals surface area contributed by atoms with Gasteiger partial charge in [-0.15, -0.1) is 0 Å². The fourth-order valence-electron chi connectivity index (χ4n) is 1.59. The molecule has 0 amide bonds. The maximum Gasteiger partial charge on any atom is 0.150 e. The molecule has 0 aliphatic carbocycles. The molecule has 18 heavy (non-hydrogen) atoms. The topological polar surface area (TPSA) is 50.1 Å². The van der Waals surface area contributed by atoms with Gasteiger partial charge in [-0.1, -0.05) is 12.1 Å². The van der Waals surface area contributed by atoms with E-state index in [1.165, 1.54) is 0 Å². The van der Waals surface area contributed by atoms with Crippen LogP contribution in [0, 0.1) is 16.7 Å². The Morgan fingerprint density at radius 3 is 2.83 bits per heavy atom. The van der Waals surface area contributed by atoms with Crippen molar-refractivity contribution in [1.82, 2.24) is 0 Å². The predicted molar refractivity (Wildman–Crippen MR) is 70.6 cm³/mol. The number of benzene rings is 1. The number of nitrogens with zero attached hydrogens (tertiary/aromatic N) is 1. The molecule has 0 heterocycles. The van der Waals surface area contributed by atoms with Crippen molar-refractivity contribution in [2.75, 3.05) is 6.61 Å². The quantitative estimate of drug-likeness (QED) is 0.544. The Balaban J connectivity index is 2.26. The van der Waals surface area contributed by atoms with Crippen LogP contribution in [-0.2, 0) is 0 Å². The lowest BCUT2D eigenvalue weighted by atomic mass is 9.89. The van der Waals surface area contributed by atoms with Gasteiger partial charge < -0.3 is 4.74 Å². The van der Waals surface area contributed by atoms with Crippen molar-refractivity contribution in [2.45, 2.75) is 33.1 Å². The van der Waals surface area contributed by atoms with Crippen molar-refractivity contribution in [3.05, 3.63) is 29.8 Å². The summed E-state index contributed by atoms with van der Waals surface area (Å²) in [7, 11) is 0. The summed E-state index contributed by atoms with van der Waals surface area (Å²) in [6, 6.07) is 9.40. The summed E-state index contributed by atoms with van der Waals surface area (Å²) in [6.45, 7) is 4.51. The summed E-state index contributed by atoms with van der Waals surface area (Å²) < 4.78 is 5.56. The second-order valence-electron chi connectivity index (χ2n) is 4.99. The summed E-state index contributed by atoms with van der Waals surface area (Å²) in [4.78, 5) is 10.6. The Morgan fingerprint density at radius 1 is 1.39 bits per heavy atom.